The Morgan fingerprint density at radius 1 is 1.29 bits per heavy atom. The van der Waals surface area contributed by atoms with Gasteiger partial charge in [-0.25, -0.2) is 4.98 Å². The van der Waals surface area contributed by atoms with Crippen LogP contribution in [0, 0.1) is 5.92 Å². The molecule has 2 aromatic heterocycles. The van der Waals surface area contributed by atoms with Crippen molar-refractivity contribution in [3.05, 3.63) is 41.3 Å². The molecule has 0 N–H and O–H groups in total. The Morgan fingerprint density at radius 2 is 2.17 bits per heavy atom. The highest BCUT2D eigenvalue weighted by Gasteiger charge is 2.29. The zero-order valence-corrected chi connectivity index (χ0v) is 14.6. The average molecular weight is 324 g/mol. The van der Waals surface area contributed by atoms with Gasteiger partial charge in [0.2, 0.25) is 5.88 Å². The molecule has 0 radical (unpaired) electrons. The van der Waals surface area contributed by atoms with E-state index in [9.17, 15) is 0 Å². The lowest BCUT2D eigenvalue weighted by Gasteiger charge is -2.19. The topological polar surface area (TPSA) is 52.3 Å². The number of ether oxygens (including phenoxy) is 1. The minimum absolute atomic E-state index is 0.268. The number of aromatic nitrogens is 3. The van der Waals surface area contributed by atoms with Gasteiger partial charge in [-0.1, -0.05) is 6.92 Å². The molecule has 0 bridgehead atoms. The molecule has 2 aliphatic rings. The summed E-state index contributed by atoms with van der Waals surface area (Å²) in [4.78, 5) is 9.28. The van der Waals surface area contributed by atoms with Crippen molar-refractivity contribution in [3.63, 3.8) is 0 Å². The Kier molecular flexibility index (Phi) is 3.87. The third-order valence-electron chi connectivity index (χ3n) is 5.10. The SMILES string of the molecule is CC1CCCC1Oc1nccc2c1C(c1cnn(C(C)C)c1)=NC2. The molecule has 2 unspecified atom stereocenters. The smallest absolute Gasteiger partial charge is 0.223 e. The largest absolute Gasteiger partial charge is 0.474 e. The lowest BCUT2D eigenvalue weighted by atomic mass is 10.0. The van der Waals surface area contributed by atoms with Crippen LogP contribution in [0.4, 0.5) is 0 Å². The second kappa shape index (κ2) is 6.04. The van der Waals surface area contributed by atoms with E-state index in [0.29, 0.717) is 18.5 Å². The summed E-state index contributed by atoms with van der Waals surface area (Å²) in [6, 6.07) is 2.38. The van der Waals surface area contributed by atoms with Crippen LogP contribution in [0.5, 0.6) is 5.88 Å². The van der Waals surface area contributed by atoms with E-state index in [1.54, 1.807) is 0 Å². The zero-order valence-electron chi connectivity index (χ0n) is 14.6. The molecular formula is C19H24N4O. The number of nitrogens with zero attached hydrogens (tertiary/aromatic N) is 4. The standard InChI is InChI=1S/C19H24N4O/c1-12(2)23-11-15(10-22-23)18-17-14(9-21-18)7-8-20-19(17)24-16-6-4-5-13(16)3/h7-8,10-13,16H,4-6,9H2,1-3H3. The van der Waals surface area contributed by atoms with Crippen molar-refractivity contribution in [2.75, 3.05) is 0 Å². The Labute approximate surface area is 142 Å². The summed E-state index contributed by atoms with van der Waals surface area (Å²) in [5, 5.41) is 4.45. The Morgan fingerprint density at radius 3 is 2.88 bits per heavy atom. The fraction of sp³-hybridized carbons (Fsp3) is 0.526. The lowest BCUT2D eigenvalue weighted by molar-refractivity contribution is 0.160. The normalized spacial score (nSPS) is 22.8. The average Bonchev–Trinajstić information content (AvgIpc) is 3.27. The van der Waals surface area contributed by atoms with Gasteiger partial charge < -0.3 is 4.74 Å². The zero-order chi connectivity index (χ0) is 16.7. The van der Waals surface area contributed by atoms with Crippen LogP contribution in [-0.4, -0.2) is 26.6 Å². The highest BCUT2D eigenvalue weighted by molar-refractivity contribution is 6.16. The first-order valence-corrected chi connectivity index (χ1v) is 8.87. The van der Waals surface area contributed by atoms with Gasteiger partial charge in [0, 0.05) is 24.0 Å². The molecule has 3 heterocycles. The van der Waals surface area contributed by atoms with E-state index >= 15 is 0 Å². The molecule has 5 heteroatoms. The second-order valence-corrected chi connectivity index (χ2v) is 7.18. The quantitative estimate of drug-likeness (QED) is 0.860. The van der Waals surface area contributed by atoms with Crippen molar-refractivity contribution >= 4 is 5.71 Å². The minimum Gasteiger partial charge on any atom is -0.474 e. The summed E-state index contributed by atoms with van der Waals surface area (Å²) < 4.78 is 8.28. The van der Waals surface area contributed by atoms with Gasteiger partial charge in [0.1, 0.15) is 6.10 Å². The molecule has 1 aliphatic heterocycles. The van der Waals surface area contributed by atoms with Crippen molar-refractivity contribution in [1.29, 1.82) is 0 Å². The van der Waals surface area contributed by atoms with Gasteiger partial charge in [0.25, 0.3) is 0 Å². The number of pyridine rings is 1. The van der Waals surface area contributed by atoms with E-state index in [1.807, 2.05) is 23.1 Å². The molecule has 2 atom stereocenters. The van der Waals surface area contributed by atoms with E-state index in [0.717, 1.165) is 29.1 Å². The van der Waals surface area contributed by atoms with Crippen LogP contribution in [0.2, 0.25) is 0 Å². The molecule has 0 amide bonds. The number of hydrogen-bond donors (Lipinski definition) is 0. The van der Waals surface area contributed by atoms with Crippen LogP contribution >= 0.6 is 0 Å². The van der Waals surface area contributed by atoms with Crippen molar-refractivity contribution in [2.45, 2.75) is 58.7 Å². The van der Waals surface area contributed by atoms with Crippen LogP contribution in [0.25, 0.3) is 0 Å². The summed E-state index contributed by atoms with van der Waals surface area (Å²) in [5.41, 5.74) is 4.25. The molecule has 1 fully saturated rings. The Hall–Kier alpha value is -2.17. The lowest BCUT2D eigenvalue weighted by Crippen LogP contribution is -2.21. The molecule has 1 saturated carbocycles. The highest BCUT2D eigenvalue weighted by Crippen LogP contribution is 2.34. The predicted molar refractivity (Wildman–Crippen MR) is 93.6 cm³/mol. The first kappa shape index (κ1) is 15.4. The molecule has 0 saturated heterocycles. The maximum atomic E-state index is 6.32. The molecule has 1 aliphatic carbocycles. The van der Waals surface area contributed by atoms with Crippen molar-refractivity contribution in [1.82, 2.24) is 14.8 Å². The highest BCUT2D eigenvalue weighted by atomic mass is 16.5. The third-order valence-corrected chi connectivity index (χ3v) is 5.10. The summed E-state index contributed by atoms with van der Waals surface area (Å²) in [6.07, 6.45) is 9.65. The van der Waals surface area contributed by atoms with Gasteiger partial charge in [-0.3, -0.25) is 9.67 Å². The molecule has 2 aromatic rings. The fourth-order valence-corrected chi connectivity index (χ4v) is 3.61. The first-order chi connectivity index (χ1) is 11.6. The number of hydrogen-bond acceptors (Lipinski definition) is 4. The predicted octanol–water partition coefficient (Wildman–Crippen LogP) is 3.78. The van der Waals surface area contributed by atoms with E-state index < -0.39 is 0 Å². The molecular weight excluding hydrogens is 300 g/mol. The summed E-state index contributed by atoms with van der Waals surface area (Å²) in [6.45, 7) is 7.21. The molecule has 4 rings (SSSR count). The van der Waals surface area contributed by atoms with Crippen LogP contribution in [0.15, 0.2) is 29.6 Å². The Balaban J connectivity index is 1.68. The number of fused-ring (bicyclic) bond motifs is 1. The number of aliphatic imine (C=N–C) groups is 1. The van der Waals surface area contributed by atoms with E-state index in [1.165, 1.54) is 18.4 Å². The van der Waals surface area contributed by atoms with Gasteiger partial charge in [-0.05, 0) is 50.7 Å². The van der Waals surface area contributed by atoms with Crippen LogP contribution in [0.1, 0.15) is 62.8 Å². The van der Waals surface area contributed by atoms with Crippen molar-refractivity contribution < 1.29 is 4.74 Å². The first-order valence-electron chi connectivity index (χ1n) is 8.87. The Bertz CT molecular complexity index is 777. The molecule has 126 valence electrons. The molecule has 24 heavy (non-hydrogen) atoms. The summed E-state index contributed by atoms with van der Waals surface area (Å²) in [5.74, 6) is 1.33. The number of rotatable bonds is 4. The van der Waals surface area contributed by atoms with Gasteiger partial charge in [0.05, 0.1) is 24.0 Å². The maximum Gasteiger partial charge on any atom is 0.223 e. The molecule has 0 spiro atoms. The summed E-state index contributed by atoms with van der Waals surface area (Å²) >= 11 is 0. The van der Waals surface area contributed by atoms with E-state index in [2.05, 4.69) is 37.1 Å². The fourth-order valence-electron chi connectivity index (χ4n) is 3.61. The van der Waals surface area contributed by atoms with Gasteiger partial charge >= 0.3 is 0 Å². The van der Waals surface area contributed by atoms with Gasteiger partial charge in [-0.2, -0.15) is 5.10 Å². The minimum atomic E-state index is 0.268. The monoisotopic (exact) mass is 324 g/mol. The van der Waals surface area contributed by atoms with Gasteiger partial charge in [0.15, 0.2) is 0 Å². The van der Waals surface area contributed by atoms with Crippen LogP contribution in [0.3, 0.4) is 0 Å². The molecule has 0 aromatic carbocycles. The van der Waals surface area contributed by atoms with Crippen LogP contribution in [-0.2, 0) is 6.54 Å². The second-order valence-electron chi connectivity index (χ2n) is 7.18. The van der Waals surface area contributed by atoms with Crippen LogP contribution < -0.4 is 4.74 Å². The van der Waals surface area contributed by atoms with Gasteiger partial charge in [-0.15, -0.1) is 0 Å². The van der Waals surface area contributed by atoms with Crippen molar-refractivity contribution in [2.24, 2.45) is 10.9 Å². The molecule has 5 nitrogen and oxygen atoms in total. The maximum absolute atomic E-state index is 6.32. The van der Waals surface area contributed by atoms with E-state index in [4.69, 9.17) is 9.73 Å². The van der Waals surface area contributed by atoms with E-state index in [-0.39, 0.29) is 6.10 Å². The summed E-state index contributed by atoms with van der Waals surface area (Å²) in [7, 11) is 0. The van der Waals surface area contributed by atoms with Crippen molar-refractivity contribution in [3.8, 4) is 5.88 Å². The third kappa shape index (κ3) is 2.62.